The fraction of sp³-hybridized carbons (Fsp3) is 0.779. The topological polar surface area (TPSA) is 78.9 Å². The van der Waals surface area contributed by atoms with Crippen molar-refractivity contribution in [1.29, 1.82) is 0 Å². The van der Waals surface area contributed by atoms with Crippen LogP contribution in [-0.4, -0.2) is 37.2 Å². The molecule has 0 N–H and O–H groups in total. The number of unbranched alkanes of at least 4 members (excludes halogenated alkanes) is 35. The van der Waals surface area contributed by atoms with E-state index in [1.165, 1.54) is 193 Å². The first-order valence-electron chi connectivity index (χ1n) is 31.9. The number of carbonyl (C=O) groups excluding carboxylic acids is 3. The summed E-state index contributed by atoms with van der Waals surface area (Å²) < 4.78 is 16.9. The van der Waals surface area contributed by atoms with E-state index in [-0.39, 0.29) is 37.5 Å². The molecule has 0 aliphatic heterocycles. The summed E-state index contributed by atoms with van der Waals surface area (Å²) in [6, 6.07) is 0. The van der Waals surface area contributed by atoms with E-state index in [1.54, 1.807) is 0 Å². The van der Waals surface area contributed by atoms with Gasteiger partial charge >= 0.3 is 17.9 Å². The van der Waals surface area contributed by atoms with Crippen LogP contribution in [0.2, 0.25) is 0 Å². The number of hydrogen-bond acceptors (Lipinski definition) is 6. The molecule has 74 heavy (non-hydrogen) atoms. The molecule has 428 valence electrons. The summed E-state index contributed by atoms with van der Waals surface area (Å²) in [7, 11) is 0. The van der Waals surface area contributed by atoms with Gasteiger partial charge in [0.2, 0.25) is 0 Å². The molecule has 6 heteroatoms. The highest BCUT2D eigenvalue weighted by molar-refractivity contribution is 5.71. The van der Waals surface area contributed by atoms with Crippen molar-refractivity contribution in [2.75, 3.05) is 13.2 Å². The molecule has 0 aliphatic carbocycles. The van der Waals surface area contributed by atoms with E-state index in [9.17, 15) is 14.4 Å². The van der Waals surface area contributed by atoms with Crippen molar-refractivity contribution in [3.63, 3.8) is 0 Å². The highest BCUT2D eigenvalue weighted by atomic mass is 16.6. The van der Waals surface area contributed by atoms with Gasteiger partial charge < -0.3 is 14.2 Å². The van der Waals surface area contributed by atoms with Crippen molar-refractivity contribution in [3.05, 3.63) is 72.9 Å². The molecule has 0 rings (SSSR count). The lowest BCUT2D eigenvalue weighted by molar-refractivity contribution is -0.167. The van der Waals surface area contributed by atoms with E-state index in [4.69, 9.17) is 14.2 Å². The second-order valence-electron chi connectivity index (χ2n) is 21.3. The minimum atomic E-state index is -0.808. The minimum Gasteiger partial charge on any atom is -0.462 e. The Balaban J connectivity index is 4.36. The van der Waals surface area contributed by atoms with Crippen LogP contribution in [0.15, 0.2) is 72.9 Å². The smallest absolute Gasteiger partial charge is 0.306 e. The fourth-order valence-corrected chi connectivity index (χ4v) is 9.18. The number of allylic oxidation sites excluding steroid dienone is 12. The van der Waals surface area contributed by atoms with Gasteiger partial charge in [-0.15, -0.1) is 0 Å². The molecule has 0 saturated carbocycles. The maximum atomic E-state index is 12.9. The summed E-state index contributed by atoms with van der Waals surface area (Å²) in [5.41, 5.74) is 0. The summed E-state index contributed by atoms with van der Waals surface area (Å²) >= 11 is 0. The van der Waals surface area contributed by atoms with Crippen LogP contribution in [0.4, 0.5) is 0 Å². The van der Waals surface area contributed by atoms with E-state index < -0.39 is 6.10 Å². The van der Waals surface area contributed by atoms with E-state index >= 15 is 0 Å². The molecule has 0 spiro atoms. The Hall–Kier alpha value is -3.15. The molecule has 0 aliphatic rings. The second-order valence-corrected chi connectivity index (χ2v) is 21.3. The fourth-order valence-electron chi connectivity index (χ4n) is 9.18. The number of hydrogen-bond donors (Lipinski definition) is 0. The second kappa shape index (κ2) is 62.4. The number of esters is 3. The minimum absolute atomic E-state index is 0.0978. The van der Waals surface area contributed by atoms with Gasteiger partial charge in [0.1, 0.15) is 13.2 Å². The Morgan fingerprint density at radius 3 is 0.878 bits per heavy atom. The SMILES string of the molecule is CC/C=C\C/C=C\C/C=C\C/C=C\C/C=C\CCCC(=O)OC(COC(=O)CCCCCCC/C=C\CCCCCCCC)COC(=O)CCCCCCCCCCCCCCCCCCCCCCCCCC. The van der Waals surface area contributed by atoms with Crippen LogP contribution < -0.4 is 0 Å². The lowest BCUT2D eigenvalue weighted by Gasteiger charge is -2.18. The summed E-state index contributed by atoms with van der Waals surface area (Å²) in [6.45, 7) is 6.51. The maximum absolute atomic E-state index is 12.9. The zero-order valence-corrected chi connectivity index (χ0v) is 49.1. The molecule has 0 saturated heterocycles. The summed E-state index contributed by atoms with van der Waals surface area (Å²) in [5, 5.41) is 0. The first kappa shape index (κ1) is 70.8. The van der Waals surface area contributed by atoms with Crippen LogP contribution in [-0.2, 0) is 28.6 Å². The van der Waals surface area contributed by atoms with E-state index in [1.807, 2.05) is 0 Å². The van der Waals surface area contributed by atoms with Crippen molar-refractivity contribution in [2.45, 2.75) is 329 Å². The van der Waals surface area contributed by atoms with E-state index in [0.717, 1.165) is 83.5 Å². The Labute approximate surface area is 459 Å². The molecular weight excluding hydrogens is 913 g/mol. The molecule has 0 bridgehead atoms. The third kappa shape index (κ3) is 59.7. The predicted molar refractivity (Wildman–Crippen MR) is 321 cm³/mol. The van der Waals surface area contributed by atoms with E-state index in [0.29, 0.717) is 19.3 Å². The Morgan fingerprint density at radius 2 is 0.541 bits per heavy atom. The van der Waals surface area contributed by atoms with Gasteiger partial charge in [0.05, 0.1) is 0 Å². The Bertz CT molecular complexity index is 1370. The lowest BCUT2D eigenvalue weighted by Crippen LogP contribution is -2.30. The molecule has 0 heterocycles. The highest BCUT2D eigenvalue weighted by Crippen LogP contribution is 2.17. The molecule has 1 atom stereocenters. The van der Waals surface area contributed by atoms with Crippen molar-refractivity contribution < 1.29 is 28.6 Å². The first-order chi connectivity index (χ1) is 36.5. The molecule has 1 unspecified atom stereocenters. The van der Waals surface area contributed by atoms with Gasteiger partial charge in [-0.3, -0.25) is 14.4 Å². The zero-order valence-electron chi connectivity index (χ0n) is 49.1. The van der Waals surface area contributed by atoms with Crippen molar-refractivity contribution in [1.82, 2.24) is 0 Å². The van der Waals surface area contributed by atoms with Crippen LogP contribution in [0.5, 0.6) is 0 Å². The molecule has 0 aromatic rings. The molecule has 0 aromatic heterocycles. The predicted octanol–water partition coefficient (Wildman–Crippen LogP) is 21.7. The largest absolute Gasteiger partial charge is 0.462 e. The monoisotopic (exact) mass is 1030 g/mol. The van der Waals surface area contributed by atoms with Gasteiger partial charge in [-0.05, 0) is 83.5 Å². The Kier molecular flexibility index (Phi) is 59.7. The van der Waals surface area contributed by atoms with Gasteiger partial charge in [-0.1, -0.05) is 293 Å². The van der Waals surface area contributed by atoms with Crippen LogP contribution in [0.3, 0.4) is 0 Å². The molecule has 0 radical (unpaired) electrons. The van der Waals surface area contributed by atoms with Gasteiger partial charge in [0.25, 0.3) is 0 Å². The average molecular weight is 1030 g/mol. The molecule has 6 nitrogen and oxygen atoms in total. The van der Waals surface area contributed by atoms with Crippen LogP contribution >= 0.6 is 0 Å². The zero-order chi connectivity index (χ0) is 53.6. The summed E-state index contributed by atoms with van der Waals surface area (Å²) in [4.78, 5) is 38.3. The number of rotatable bonds is 58. The van der Waals surface area contributed by atoms with Gasteiger partial charge in [0.15, 0.2) is 6.10 Å². The Morgan fingerprint density at radius 1 is 0.284 bits per heavy atom. The molecule has 0 amide bonds. The first-order valence-corrected chi connectivity index (χ1v) is 31.9. The summed E-state index contributed by atoms with van der Waals surface area (Å²) in [6.07, 6.45) is 80.7. The normalized spacial score (nSPS) is 12.5. The quantitative estimate of drug-likeness (QED) is 0.0261. The van der Waals surface area contributed by atoms with Crippen LogP contribution in [0.25, 0.3) is 0 Å². The number of carbonyl (C=O) groups is 3. The lowest BCUT2D eigenvalue weighted by atomic mass is 10.0. The van der Waals surface area contributed by atoms with Crippen LogP contribution in [0, 0.1) is 0 Å². The van der Waals surface area contributed by atoms with E-state index in [2.05, 4.69) is 93.7 Å². The van der Waals surface area contributed by atoms with Crippen molar-refractivity contribution in [3.8, 4) is 0 Å². The molecule has 0 aromatic carbocycles. The maximum Gasteiger partial charge on any atom is 0.306 e. The third-order valence-electron chi connectivity index (χ3n) is 13.9. The highest BCUT2D eigenvalue weighted by Gasteiger charge is 2.19. The average Bonchev–Trinajstić information content (AvgIpc) is 3.40. The summed E-state index contributed by atoms with van der Waals surface area (Å²) in [5.74, 6) is -0.951. The van der Waals surface area contributed by atoms with Crippen molar-refractivity contribution >= 4 is 17.9 Å². The third-order valence-corrected chi connectivity index (χ3v) is 13.9. The van der Waals surface area contributed by atoms with Gasteiger partial charge in [0, 0.05) is 19.3 Å². The molecular formula is C68H120O6. The van der Waals surface area contributed by atoms with Crippen LogP contribution in [0.1, 0.15) is 323 Å². The van der Waals surface area contributed by atoms with Crippen molar-refractivity contribution in [2.24, 2.45) is 0 Å². The van der Waals surface area contributed by atoms with Gasteiger partial charge in [-0.2, -0.15) is 0 Å². The number of ether oxygens (including phenoxy) is 3. The standard InChI is InChI=1S/C68H120O6/c1-4-7-10-13-16-19-22-25-28-30-31-32-33-34-35-36-38-40-43-46-49-52-55-58-61-67(70)73-64-65(63-72-66(69)60-57-54-51-48-45-42-39-27-24-21-18-15-12-9-6-3)74-68(71)62-59-56-53-50-47-44-41-37-29-26-23-20-17-14-11-8-5-2/h8,11,17,20,26-27,29,39,41,44,50,53,65H,4-7,9-10,12-16,18-19,21-25,28,30-38,40,42-43,45-49,51-52,54-64H2,1-3H3/b11-8-,20-17-,29-26-,39-27-,44-41-,53-50-. The molecule has 0 fully saturated rings. The van der Waals surface area contributed by atoms with Gasteiger partial charge in [-0.25, -0.2) is 0 Å².